The van der Waals surface area contributed by atoms with Gasteiger partial charge in [-0.3, -0.25) is 4.79 Å². The van der Waals surface area contributed by atoms with Gasteiger partial charge in [-0.15, -0.1) is 0 Å². The van der Waals surface area contributed by atoms with Crippen LogP contribution in [0.1, 0.15) is 12.5 Å². The molecule has 4 aromatic rings. The number of hydrogen-bond acceptors (Lipinski definition) is 6. The molecule has 10 nitrogen and oxygen atoms in total. The summed E-state index contributed by atoms with van der Waals surface area (Å²) in [6.07, 6.45) is 3.28. The van der Waals surface area contributed by atoms with Crippen LogP contribution in [0.15, 0.2) is 35.4 Å². The van der Waals surface area contributed by atoms with Crippen molar-refractivity contribution in [2.45, 2.75) is 44.9 Å². The van der Waals surface area contributed by atoms with Crippen molar-refractivity contribution >= 4 is 46.9 Å². The zero-order chi connectivity index (χ0) is 27.2. The molecule has 4 heterocycles. The van der Waals surface area contributed by atoms with Crippen LogP contribution in [0.3, 0.4) is 0 Å². The van der Waals surface area contributed by atoms with Crippen LogP contribution in [0.25, 0.3) is 32.7 Å². The molecule has 1 aromatic carbocycles. The number of nitrogens with zero attached hydrogens (tertiary/aromatic N) is 4. The van der Waals surface area contributed by atoms with Gasteiger partial charge in [0.05, 0.1) is 31.2 Å². The van der Waals surface area contributed by atoms with Gasteiger partial charge in [0.2, 0.25) is 0 Å². The first-order valence-electron chi connectivity index (χ1n) is 12.8. The molecule has 11 heteroatoms. The van der Waals surface area contributed by atoms with E-state index in [9.17, 15) is 14.7 Å². The Hall–Kier alpha value is -3.57. The topological polar surface area (TPSA) is 108 Å². The van der Waals surface area contributed by atoms with Crippen LogP contribution in [0.5, 0.6) is 11.5 Å². The lowest BCUT2D eigenvalue weighted by Crippen LogP contribution is -2.30. The number of methoxy groups -OCH3 is 2. The molecule has 0 unspecified atom stereocenters. The van der Waals surface area contributed by atoms with Crippen LogP contribution in [-0.4, -0.2) is 72.2 Å². The SMILES string of the molecule is COc1cc2c(=O)n([C@@H]3CCN(C(=O)O)C3)c3c(cnc4c3ccn4COCC[Si](C)(C)C)c2cc1OC. The van der Waals surface area contributed by atoms with Crippen molar-refractivity contribution in [2.24, 2.45) is 0 Å². The molecule has 1 saturated heterocycles. The summed E-state index contributed by atoms with van der Waals surface area (Å²) in [5.41, 5.74) is 1.25. The summed E-state index contributed by atoms with van der Waals surface area (Å²) in [4.78, 5) is 31.9. The Labute approximate surface area is 221 Å². The number of carbonyl (C=O) groups is 1. The predicted octanol–water partition coefficient (Wildman–Crippen LogP) is 4.76. The molecule has 0 bridgehead atoms. The lowest BCUT2D eigenvalue weighted by molar-refractivity contribution is 0.0899. The van der Waals surface area contributed by atoms with Gasteiger partial charge in [0, 0.05) is 56.3 Å². The summed E-state index contributed by atoms with van der Waals surface area (Å²) < 4.78 is 20.7. The standard InChI is InChI=1S/C27H34N4O6Si/c1-35-22-12-19-20(13-23(22)36-2)26(32)31(17-6-8-29(15-17)27(33)34)24-18-7-9-30(25(18)28-14-21(19)24)16-37-10-11-38(3,4)5/h7,9,12-14,17H,6,8,10-11,15-16H2,1-5H3,(H,33,34)/t17-/m1/s1. The third-order valence-electron chi connectivity index (χ3n) is 7.29. The minimum absolute atomic E-state index is 0.197. The Morgan fingerprint density at radius 2 is 1.82 bits per heavy atom. The van der Waals surface area contributed by atoms with Crippen LogP contribution in [0.2, 0.25) is 25.7 Å². The first-order valence-corrected chi connectivity index (χ1v) is 16.5. The Balaban J connectivity index is 1.71. The fourth-order valence-electron chi connectivity index (χ4n) is 5.21. The van der Waals surface area contributed by atoms with Crippen LogP contribution in [-0.2, 0) is 11.5 Å². The molecule has 5 rings (SSSR count). The number of carboxylic acid groups (broad SMARTS) is 1. The lowest BCUT2D eigenvalue weighted by atomic mass is 10.0. The van der Waals surface area contributed by atoms with Crippen LogP contribution in [0.4, 0.5) is 4.79 Å². The molecule has 1 aliphatic heterocycles. The third-order valence-corrected chi connectivity index (χ3v) is 8.99. The summed E-state index contributed by atoms with van der Waals surface area (Å²) in [6, 6.07) is 6.23. The average Bonchev–Trinajstić information content (AvgIpc) is 3.53. The van der Waals surface area contributed by atoms with E-state index < -0.39 is 14.2 Å². The highest BCUT2D eigenvalue weighted by Crippen LogP contribution is 2.37. The molecule has 1 aliphatic rings. The van der Waals surface area contributed by atoms with Gasteiger partial charge in [0.1, 0.15) is 12.4 Å². The molecule has 38 heavy (non-hydrogen) atoms. The van der Waals surface area contributed by atoms with Gasteiger partial charge in [0.25, 0.3) is 5.56 Å². The van der Waals surface area contributed by atoms with E-state index >= 15 is 0 Å². The van der Waals surface area contributed by atoms with Crippen molar-refractivity contribution in [1.29, 1.82) is 0 Å². The van der Waals surface area contributed by atoms with Crippen molar-refractivity contribution in [3.63, 3.8) is 0 Å². The van der Waals surface area contributed by atoms with Crippen LogP contribution in [0, 0.1) is 0 Å². The summed E-state index contributed by atoms with van der Waals surface area (Å²) in [5.74, 6) is 0.974. The number of hydrogen-bond donors (Lipinski definition) is 1. The summed E-state index contributed by atoms with van der Waals surface area (Å²) >= 11 is 0. The van der Waals surface area contributed by atoms with Crippen molar-refractivity contribution in [3.8, 4) is 11.5 Å². The fourth-order valence-corrected chi connectivity index (χ4v) is 5.97. The van der Waals surface area contributed by atoms with Gasteiger partial charge >= 0.3 is 6.09 Å². The minimum atomic E-state index is -1.21. The first-order chi connectivity index (χ1) is 18.1. The number of pyridine rings is 2. The number of rotatable bonds is 8. The molecule has 1 atom stereocenters. The molecular formula is C27H34N4O6Si. The summed E-state index contributed by atoms with van der Waals surface area (Å²) in [6.45, 7) is 8.62. The molecule has 202 valence electrons. The van der Waals surface area contributed by atoms with Crippen LogP contribution < -0.4 is 15.0 Å². The third kappa shape index (κ3) is 4.60. The first kappa shape index (κ1) is 26.1. The second-order valence-electron chi connectivity index (χ2n) is 11.0. The largest absolute Gasteiger partial charge is 0.493 e. The Morgan fingerprint density at radius 1 is 1.11 bits per heavy atom. The zero-order valence-corrected chi connectivity index (χ0v) is 23.5. The lowest BCUT2D eigenvalue weighted by Gasteiger charge is -2.21. The van der Waals surface area contributed by atoms with Crippen molar-refractivity contribution in [3.05, 3.63) is 40.9 Å². The Morgan fingerprint density at radius 3 is 2.45 bits per heavy atom. The fraction of sp³-hybridized carbons (Fsp3) is 0.444. The Kier molecular flexibility index (Phi) is 6.82. The highest BCUT2D eigenvalue weighted by atomic mass is 28.3. The van der Waals surface area contributed by atoms with E-state index in [0.29, 0.717) is 54.2 Å². The quantitative estimate of drug-likeness (QED) is 0.196. The van der Waals surface area contributed by atoms with E-state index in [-0.39, 0.29) is 18.1 Å². The molecule has 0 saturated carbocycles. The second-order valence-corrected chi connectivity index (χ2v) is 16.6. The van der Waals surface area contributed by atoms with E-state index in [1.807, 2.05) is 22.9 Å². The van der Waals surface area contributed by atoms with E-state index in [0.717, 1.165) is 22.3 Å². The zero-order valence-electron chi connectivity index (χ0n) is 22.5. The monoisotopic (exact) mass is 538 g/mol. The van der Waals surface area contributed by atoms with Crippen molar-refractivity contribution in [1.82, 2.24) is 19.0 Å². The molecule has 0 spiro atoms. The minimum Gasteiger partial charge on any atom is -0.493 e. The van der Waals surface area contributed by atoms with Gasteiger partial charge in [-0.2, -0.15) is 0 Å². The van der Waals surface area contributed by atoms with Gasteiger partial charge in [-0.25, -0.2) is 9.78 Å². The Bertz CT molecular complexity index is 1590. The van der Waals surface area contributed by atoms with Gasteiger partial charge in [-0.1, -0.05) is 19.6 Å². The smallest absolute Gasteiger partial charge is 0.407 e. The number of aromatic nitrogens is 3. The van der Waals surface area contributed by atoms with Crippen molar-refractivity contribution in [2.75, 3.05) is 33.9 Å². The van der Waals surface area contributed by atoms with E-state index in [2.05, 4.69) is 19.6 Å². The maximum atomic E-state index is 14.1. The van der Waals surface area contributed by atoms with Crippen molar-refractivity contribution < 1.29 is 24.1 Å². The van der Waals surface area contributed by atoms with Crippen LogP contribution >= 0.6 is 0 Å². The molecule has 0 radical (unpaired) electrons. The molecular weight excluding hydrogens is 504 g/mol. The highest BCUT2D eigenvalue weighted by Gasteiger charge is 2.30. The summed E-state index contributed by atoms with van der Waals surface area (Å²) in [5, 5.41) is 12.4. The van der Waals surface area contributed by atoms with Gasteiger partial charge in [-0.05, 0) is 30.7 Å². The van der Waals surface area contributed by atoms with E-state index in [4.69, 9.17) is 19.2 Å². The maximum absolute atomic E-state index is 14.1. The number of likely N-dealkylation sites (tertiary alicyclic amines) is 1. The maximum Gasteiger partial charge on any atom is 0.407 e. The molecule has 1 amide bonds. The number of amides is 1. The number of ether oxygens (including phenoxy) is 3. The average molecular weight is 539 g/mol. The van der Waals surface area contributed by atoms with Gasteiger partial charge in [0.15, 0.2) is 11.5 Å². The van der Waals surface area contributed by atoms with E-state index in [1.54, 1.807) is 23.9 Å². The highest BCUT2D eigenvalue weighted by molar-refractivity contribution is 6.76. The predicted molar refractivity (Wildman–Crippen MR) is 149 cm³/mol. The number of benzene rings is 1. The molecule has 1 N–H and O–H groups in total. The molecule has 3 aromatic heterocycles. The van der Waals surface area contributed by atoms with E-state index in [1.165, 1.54) is 12.0 Å². The number of fused-ring (bicyclic) bond motifs is 5. The van der Waals surface area contributed by atoms with Gasteiger partial charge < -0.3 is 33.4 Å². The molecule has 0 aliphatic carbocycles. The normalized spacial score (nSPS) is 16.1. The second kappa shape index (κ2) is 9.95. The summed E-state index contributed by atoms with van der Waals surface area (Å²) in [7, 11) is 1.89. The molecule has 1 fully saturated rings.